The SMILES string of the molecule is CCN(CC)CCS(=O)(=O)CN(C(=O)CCc1ccccc1)[C@H](CC1CC1)C(=O)N[C@H](CC1CCCCC1)[C@@H](O)[C@@H](O)CC(C)C. The van der Waals surface area contributed by atoms with Crippen molar-refractivity contribution in [1.29, 1.82) is 0 Å². The van der Waals surface area contributed by atoms with Crippen LogP contribution in [0.1, 0.15) is 104 Å². The third-order valence-corrected chi connectivity index (χ3v) is 11.3. The van der Waals surface area contributed by atoms with Crippen LogP contribution in [-0.2, 0) is 25.8 Å². The van der Waals surface area contributed by atoms with Crippen LogP contribution in [0.15, 0.2) is 30.3 Å². The Balaban J connectivity index is 1.88. The second-order valence-corrected chi connectivity index (χ2v) is 16.3. The summed E-state index contributed by atoms with van der Waals surface area (Å²) >= 11 is 0. The molecule has 10 heteroatoms. The van der Waals surface area contributed by atoms with Crippen molar-refractivity contribution in [2.75, 3.05) is 31.3 Å². The summed E-state index contributed by atoms with van der Waals surface area (Å²) in [5.41, 5.74) is 0.971. The molecule has 0 heterocycles. The largest absolute Gasteiger partial charge is 0.390 e. The maximum Gasteiger partial charge on any atom is 0.243 e. The van der Waals surface area contributed by atoms with E-state index in [2.05, 4.69) is 5.32 Å². The predicted molar refractivity (Wildman–Crippen MR) is 184 cm³/mol. The Morgan fingerprint density at radius 2 is 1.57 bits per heavy atom. The topological polar surface area (TPSA) is 127 Å². The molecule has 262 valence electrons. The molecule has 2 saturated carbocycles. The molecule has 0 aromatic heterocycles. The zero-order chi connectivity index (χ0) is 33.7. The molecule has 0 radical (unpaired) electrons. The second kappa shape index (κ2) is 19.1. The lowest BCUT2D eigenvalue weighted by Gasteiger charge is -2.36. The van der Waals surface area contributed by atoms with Crippen molar-refractivity contribution in [3.05, 3.63) is 35.9 Å². The molecule has 0 spiro atoms. The molecule has 1 aromatic rings. The molecule has 46 heavy (non-hydrogen) atoms. The van der Waals surface area contributed by atoms with Gasteiger partial charge in [-0.3, -0.25) is 9.59 Å². The number of aryl methyl sites for hydroxylation is 1. The number of benzene rings is 1. The number of hydrogen-bond donors (Lipinski definition) is 3. The van der Waals surface area contributed by atoms with Crippen molar-refractivity contribution >= 4 is 21.7 Å². The lowest BCUT2D eigenvalue weighted by atomic mass is 9.82. The Morgan fingerprint density at radius 1 is 0.935 bits per heavy atom. The number of aliphatic hydroxyl groups is 2. The van der Waals surface area contributed by atoms with Crippen LogP contribution in [0.25, 0.3) is 0 Å². The average Bonchev–Trinajstić information content (AvgIpc) is 3.86. The number of carbonyl (C=O) groups excluding carboxylic acids is 2. The van der Waals surface area contributed by atoms with Crippen LogP contribution in [-0.4, -0.2) is 95.8 Å². The lowest BCUT2D eigenvalue weighted by Crippen LogP contribution is -2.57. The van der Waals surface area contributed by atoms with Gasteiger partial charge < -0.3 is 25.3 Å². The minimum absolute atomic E-state index is 0.0885. The van der Waals surface area contributed by atoms with Crippen LogP contribution >= 0.6 is 0 Å². The molecule has 2 aliphatic rings. The number of rotatable bonds is 21. The first-order chi connectivity index (χ1) is 21.9. The van der Waals surface area contributed by atoms with Crippen LogP contribution in [0.3, 0.4) is 0 Å². The van der Waals surface area contributed by atoms with Gasteiger partial charge in [0, 0.05) is 13.0 Å². The first-order valence-corrected chi connectivity index (χ1v) is 19.7. The Labute approximate surface area is 278 Å². The fourth-order valence-corrected chi connectivity index (χ4v) is 8.15. The highest BCUT2D eigenvalue weighted by molar-refractivity contribution is 7.91. The Hall–Kier alpha value is -2.01. The third kappa shape index (κ3) is 13.2. The molecule has 0 unspecified atom stereocenters. The molecule has 1 aromatic carbocycles. The zero-order valence-electron chi connectivity index (χ0n) is 28.8. The standard InChI is InChI=1S/C36H61N3O6S/c1-5-38(6-2)21-22-46(44,45)26-39(34(41)20-19-28-13-9-7-10-14-28)32(25-30-17-18-30)36(43)37-31(24-29-15-11-8-12-16-29)35(42)33(40)23-27(3)4/h7,9-10,13-14,27,29-33,35,40,42H,5-6,8,11-12,15-26H2,1-4H3,(H,37,43)/t31-,32-,33+,35-/m1/s1. The first kappa shape index (κ1) is 38.4. The van der Waals surface area contributed by atoms with E-state index in [4.69, 9.17) is 0 Å². The molecule has 0 aliphatic heterocycles. The van der Waals surface area contributed by atoms with Crippen molar-refractivity contribution in [2.24, 2.45) is 17.8 Å². The molecule has 9 nitrogen and oxygen atoms in total. The van der Waals surface area contributed by atoms with Gasteiger partial charge in [0.1, 0.15) is 18.0 Å². The normalized spacial score (nSPS) is 18.7. The average molecular weight is 664 g/mol. The number of amides is 2. The molecule has 3 rings (SSSR count). The highest BCUT2D eigenvalue weighted by Crippen LogP contribution is 2.35. The number of hydrogen-bond acceptors (Lipinski definition) is 7. The van der Waals surface area contributed by atoms with Crippen LogP contribution < -0.4 is 5.32 Å². The molecule has 2 fully saturated rings. The summed E-state index contributed by atoms with van der Waals surface area (Å²) in [5, 5.41) is 25.3. The highest BCUT2D eigenvalue weighted by atomic mass is 32.2. The van der Waals surface area contributed by atoms with Crippen LogP contribution in [0.5, 0.6) is 0 Å². The number of carbonyl (C=O) groups is 2. The van der Waals surface area contributed by atoms with Gasteiger partial charge in [-0.25, -0.2) is 8.42 Å². The van der Waals surface area contributed by atoms with Gasteiger partial charge in [-0.2, -0.15) is 0 Å². The van der Waals surface area contributed by atoms with E-state index < -0.39 is 45.9 Å². The monoisotopic (exact) mass is 663 g/mol. The van der Waals surface area contributed by atoms with Gasteiger partial charge in [0.15, 0.2) is 9.84 Å². The van der Waals surface area contributed by atoms with Crippen LogP contribution in [0.4, 0.5) is 0 Å². The number of nitrogens with one attached hydrogen (secondary N) is 1. The van der Waals surface area contributed by atoms with Gasteiger partial charge in [0.25, 0.3) is 0 Å². The lowest BCUT2D eigenvalue weighted by molar-refractivity contribution is -0.141. The molecule has 2 aliphatic carbocycles. The number of nitrogens with zero attached hydrogens (tertiary/aromatic N) is 2. The van der Waals surface area contributed by atoms with Crippen LogP contribution in [0, 0.1) is 17.8 Å². The maximum atomic E-state index is 14.3. The Kier molecular flexibility index (Phi) is 16.0. The molecule has 0 saturated heterocycles. The molecular formula is C36H61N3O6S. The summed E-state index contributed by atoms with van der Waals surface area (Å²) in [6, 6.07) is 7.94. The van der Waals surface area contributed by atoms with Gasteiger partial charge in [-0.15, -0.1) is 0 Å². The van der Waals surface area contributed by atoms with Crippen molar-refractivity contribution < 1.29 is 28.2 Å². The van der Waals surface area contributed by atoms with Crippen LogP contribution in [0.2, 0.25) is 0 Å². The van der Waals surface area contributed by atoms with E-state index >= 15 is 0 Å². The smallest absolute Gasteiger partial charge is 0.243 e. The van der Waals surface area contributed by atoms with E-state index in [0.717, 1.165) is 57.2 Å². The maximum absolute atomic E-state index is 14.3. The van der Waals surface area contributed by atoms with Gasteiger partial charge >= 0.3 is 0 Å². The fourth-order valence-electron chi connectivity index (χ4n) is 6.74. The Bertz CT molecular complexity index is 1150. The summed E-state index contributed by atoms with van der Waals surface area (Å²) in [6.07, 6.45) is 6.99. The number of sulfone groups is 1. The van der Waals surface area contributed by atoms with Crippen molar-refractivity contribution in [1.82, 2.24) is 15.1 Å². The van der Waals surface area contributed by atoms with Gasteiger partial charge in [0.05, 0.1) is 17.9 Å². The molecule has 3 N–H and O–H groups in total. The van der Waals surface area contributed by atoms with E-state index in [1.165, 1.54) is 11.3 Å². The Morgan fingerprint density at radius 3 is 2.15 bits per heavy atom. The quantitative estimate of drug-likeness (QED) is 0.176. The van der Waals surface area contributed by atoms with Crippen molar-refractivity contribution in [3.63, 3.8) is 0 Å². The third-order valence-electron chi connectivity index (χ3n) is 9.83. The summed E-state index contributed by atoms with van der Waals surface area (Å²) < 4.78 is 27.1. The second-order valence-electron chi connectivity index (χ2n) is 14.2. The van der Waals surface area contributed by atoms with E-state index in [0.29, 0.717) is 38.1 Å². The van der Waals surface area contributed by atoms with Gasteiger partial charge in [-0.05, 0) is 62.1 Å². The molecule has 2 amide bonds. The molecule has 4 atom stereocenters. The summed E-state index contributed by atoms with van der Waals surface area (Å²) in [5.74, 6) is -0.677. The minimum atomic E-state index is -3.72. The van der Waals surface area contributed by atoms with Gasteiger partial charge in [0.2, 0.25) is 11.8 Å². The van der Waals surface area contributed by atoms with E-state index in [1.807, 2.05) is 62.9 Å². The van der Waals surface area contributed by atoms with E-state index in [-0.39, 0.29) is 29.9 Å². The molecule has 0 bridgehead atoms. The first-order valence-electron chi connectivity index (χ1n) is 17.8. The minimum Gasteiger partial charge on any atom is -0.390 e. The molecular weight excluding hydrogens is 602 g/mol. The number of aliphatic hydroxyl groups excluding tert-OH is 2. The summed E-state index contributed by atoms with van der Waals surface area (Å²) in [7, 11) is -3.72. The van der Waals surface area contributed by atoms with E-state index in [1.54, 1.807) is 0 Å². The van der Waals surface area contributed by atoms with Crippen molar-refractivity contribution in [3.8, 4) is 0 Å². The van der Waals surface area contributed by atoms with Gasteiger partial charge in [-0.1, -0.05) is 103 Å². The fraction of sp³-hybridized carbons (Fsp3) is 0.778. The summed E-state index contributed by atoms with van der Waals surface area (Å²) in [6.45, 7) is 9.76. The summed E-state index contributed by atoms with van der Waals surface area (Å²) in [4.78, 5) is 31.6. The van der Waals surface area contributed by atoms with E-state index in [9.17, 15) is 28.2 Å². The highest BCUT2D eigenvalue weighted by Gasteiger charge is 2.40. The predicted octanol–water partition coefficient (Wildman–Crippen LogP) is 4.55. The zero-order valence-corrected chi connectivity index (χ0v) is 29.6. The van der Waals surface area contributed by atoms with Crippen molar-refractivity contribution in [2.45, 2.75) is 129 Å².